The average molecular weight is 491 g/mol. The predicted octanol–water partition coefficient (Wildman–Crippen LogP) is 4.82. The molecule has 1 amide bonds. The van der Waals surface area contributed by atoms with Gasteiger partial charge in [-0.1, -0.05) is 19.9 Å². The molecule has 8 heteroatoms. The van der Waals surface area contributed by atoms with Gasteiger partial charge in [0.05, 0.1) is 22.4 Å². The number of aryl methyl sites for hydroxylation is 1. The first-order chi connectivity index (χ1) is 17.5. The Morgan fingerprint density at radius 2 is 1.83 bits per heavy atom. The molecule has 0 atom stereocenters. The van der Waals surface area contributed by atoms with Gasteiger partial charge in [0.1, 0.15) is 11.6 Å². The molecule has 0 aliphatic carbocycles. The minimum atomic E-state index is -0.302. The zero-order chi connectivity index (χ0) is 25.5. The highest BCUT2D eigenvalue weighted by atomic mass is 19.1. The van der Waals surface area contributed by atoms with Crippen LogP contribution >= 0.6 is 0 Å². The van der Waals surface area contributed by atoms with E-state index in [0.717, 1.165) is 61.6 Å². The minimum absolute atomic E-state index is 0.0818. The van der Waals surface area contributed by atoms with Crippen LogP contribution in [0.1, 0.15) is 55.5 Å². The number of hydrogen-bond acceptors (Lipinski definition) is 4. The number of carbonyl (C=O) groups excluding carboxylic acids is 1. The third-order valence-electron chi connectivity index (χ3n) is 6.31. The van der Waals surface area contributed by atoms with E-state index in [1.807, 2.05) is 30.3 Å². The van der Waals surface area contributed by atoms with Crippen LogP contribution in [0, 0.1) is 5.82 Å². The van der Waals surface area contributed by atoms with Gasteiger partial charge in [-0.3, -0.25) is 4.79 Å². The van der Waals surface area contributed by atoms with Gasteiger partial charge in [0.2, 0.25) is 0 Å². The van der Waals surface area contributed by atoms with Crippen molar-refractivity contribution in [1.29, 1.82) is 0 Å². The van der Waals surface area contributed by atoms with E-state index in [1.54, 1.807) is 16.9 Å². The molecule has 0 radical (unpaired) electrons. The topological polar surface area (TPSA) is 68.0 Å². The molecule has 7 nitrogen and oxygen atoms in total. The number of rotatable bonds is 12. The van der Waals surface area contributed by atoms with E-state index in [0.29, 0.717) is 24.2 Å². The van der Waals surface area contributed by atoms with Crippen LogP contribution in [-0.4, -0.2) is 56.3 Å². The van der Waals surface area contributed by atoms with Crippen LogP contribution in [0.25, 0.3) is 16.7 Å². The van der Waals surface area contributed by atoms with Crippen molar-refractivity contribution in [1.82, 2.24) is 29.5 Å². The fourth-order valence-electron chi connectivity index (χ4n) is 4.67. The van der Waals surface area contributed by atoms with Gasteiger partial charge in [-0.15, -0.1) is 0 Å². The first-order valence-electron chi connectivity index (χ1n) is 12.8. The molecule has 2 heterocycles. The Kier molecular flexibility index (Phi) is 8.48. The van der Waals surface area contributed by atoms with Crippen LogP contribution in [0.2, 0.25) is 0 Å². The van der Waals surface area contributed by atoms with Gasteiger partial charge >= 0.3 is 0 Å². The highest BCUT2D eigenvalue weighted by Crippen LogP contribution is 2.21. The lowest BCUT2D eigenvalue weighted by Crippen LogP contribution is -2.35. The van der Waals surface area contributed by atoms with Gasteiger partial charge in [-0.2, -0.15) is 5.10 Å². The van der Waals surface area contributed by atoms with E-state index in [4.69, 9.17) is 4.98 Å². The van der Waals surface area contributed by atoms with Gasteiger partial charge < -0.3 is 14.8 Å². The molecule has 0 bridgehead atoms. The molecule has 0 aliphatic rings. The summed E-state index contributed by atoms with van der Waals surface area (Å²) in [4.78, 5) is 20.1. The van der Waals surface area contributed by atoms with Crippen molar-refractivity contribution in [3.63, 3.8) is 0 Å². The Morgan fingerprint density at radius 3 is 2.56 bits per heavy atom. The largest absolute Gasteiger partial charge is 0.351 e. The van der Waals surface area contributed by atoms with Gasteiger partial charge in [0.25, 0.3) is 5.91 Å². The number of amides is 1. The second-order valence-corrected chi connectivity index (χ2v) is 8.96. The number of nitrogens with zero attached hydrogens (tertiary/aromatic N) is 5. The average Bonchev–Trinajstić information content (AvgIpc) is 3.47. The van der Waals surface area contributed by atoms with E-state index in [-0.39, 0.29) is 11.7 Å². The van der Waals surface area contributed by atoms with Crippen molar-refractivity contribution in [2.24, 2.45) is 0 Å². The van der Waals surface area contributed by atoms with Gasteiger partial charge in [0.15, 0.2) is 0 Å². The summed E-state index contributed by atoms with van der Waals surface area (Å²) in [6.07, 6.45) is 4.46. The Hall–Kier alpha value is -3.52. The molecule has 4 aromatic rings. The van der Waals surface area contributed by atoms with Gasteiger partial charge in [-0.25, -0.2) is 14.1 Å². The van der Waals surface area contributed by atoms with Crippen LogP contribution in [0.15, 0.2) is 54.7 Å². The first kappa shape index (κ1) is 25.6. The van der Waals surface area contributed by atoms with Crippen molar-refractivity contribution >= 4 is 16.9 Å². The lowest BCUT2D eigenvalue weighted by Gasteiger charge is -2.20. The lowest BCUT2D eigenvalue weighted by atomic mass is 10.2. The summed E-state index contributed by atoms with van der Waals surface area (Å²) in [5, 5.41) is 7.45. The van der Waals surface area contributed by atoms with Gasteiger partial charge in [-0.05, 0) is 75.3 Å². The Labute approximate surface area is 211 Å². The number of carbonyl (C=O) groups is 1. The van der Waals surface area contributed by atoms with E-state index in [1.165, 1.54) is 12.1 Å². The predicted molar refractivity (Wildman–Crippen MR) is 141 cm³/mol. The molecular weight excluding hydrogens is 455 g/mol. The van der Waals surface area contributed by atoms with Crippen LogP contribution in [0.3, 0.4) is 0 Å². The molecule has 0 unspecified atom stereocenters. The molecule has 0 saturated heterocycles. The van der Waals surface area contributed by atoms with E-state index < -0.39 is 0 Å². The number of nitrogens with one attached hydrogen (secondary N) is 1. The van der Waals surface area contributed by atoms with Gasteiger partial charge in [0, 0.05) is 37.8 Å². The zero-order valence-electron chi connectivity index (χ0n) is 21.4. The first-order valence-corrected chi connectivity index (χ1v) is 12.8. The minimum Gasteiger partial charge on any atom is -0.351 e. The third kappa shape index (κ3) is 5.82. The van der Waals surface area contributed by atoms with Crippen molar-refractivity contribution in [3.8, 4) is 5.69 Å². The summed E-state index contributed by atoms with van der Waals surface area (Å²) in [5.41, 5.74) is 3.96. The molecular formula is C28H35FN6O. The molecule has 0 fully saturated rings. The summed E-state index contributed by atoms with van der Waals surface area (Å²) in [7, 11) is 0. The van der Waals surface area contributed by atoms with Crippen molar-refractivity contribution < 1.29 is 9.18 Å². The van der Waals surface area contributed by atoms with Crippen molar-refractivity contribution in [3.05, 3.63) is 77.6 Å². The lowest BCUT2D eigenvalue weighted by molar-refractivity contribution is 0.0948. The maximum atomic E-state index is 13.8. The number of hydrogen-bond donors (Lipinski definition) is 1. The van der Waals surface area contributed by atoms with Crippen molar-refractivity contribution in [2.75, 3.05) is 26.2 Å². The molecule has 2 aromatic carbocycles. The third-order valence-corrected chi connectivity index (χ3v) is 6.31. The van der Waals surface area contributed by atoms with Crippen molar-refractivity contribution in [2.45, 2.75) is 46.6 Å². The van der Waals surface area contributed by atoms with Crippen LogP contribution in [0.5, 0.6) is 0 Å². The number of benzene rings is 2. The molecule has 190 valence electrons. The Balaban J connectivity index is 1.51. The monoisotopic (exact) mass is 490 g/mol. The molecule has 1 N–H and O–H groups in total. The number of halogens is 1. The highest BCUT2D eigenvalue weighted by molar-refractivity contribution is 5.97. The summed E-state index contributed by atoms with van der Waals surface area (Å²) >= 11 is 0. The summed E-state index contributed by atoms with van der Waals surface area (Å²) < 4.78 is 17.7. The molecule has 0 saturated carbocycles. The van der Waals surface area contributed by atoms with E-state index in [2.05, 4.69) is 40.7 Å². The van der Waals surface area contributed by atoms with Crippen LogP contribution in [0.4, 0.5) is 4.39 Å². The van der Waals surface area contributed by atoms with E-state index in [9.17, 15) is 9.18 Å². The second kappa shape index (κ2) is 11.9. The maximum absolute atomic E-state index is 13.8. The zero-order valence-corrected chi connectivity index (χ0v) is 21.4. The number of fused-ring (bicyclic) bond motifs is 1. The smallest absolute Gasteiger partial charge is 0.251 e. The summed E-state index contributed by atoms with van der Waals surface area (Å²) in [5.74, 6) is 0.489. The molecule has 0 aliphatic heterocycles. The number of imidazole rings is 1. The quantitative estimate of drug-likeness (QED) is 0.309. The molecule has 4 rings (SSSR count). The van der Waals surface area contributed by atoms with Crippen LogP contribution < -0.4 is 5.32 Å². The molecule has 2 aromatic heterocycles. The Bertz CT molecular complexity index is 1300. The SMILES string of the molecule is CCCN(CCC)CCNC(=O)c1ccc2c(c1)nc(Cc1ccnn1-c1cccc(F)c1)n2CC. The standard InChI is InChI=1S/C28H35FN6O/c1-4-15-33(16-5-2)17-14-30-28(36)21-10-11-26-25(18-21)32-27(34(26)6-3)20-24-12-13-31-35(24)23-9-7-8-22(29)19-23/h7-13,18-19H,4-6,14-17,20H2,1-3H3,(H,30,36). The van der Waals surface area contributed by atoms with E-state index >= 15 is 0 Å². The summed E-state index contributed by atoms with van der Waals surface area (Å²) in [6, 6.07) is 14.0. The fourth-order valence-corrected chi connectivity index (χ4v) is 4.67. The van der Waals surface area contributed by atoms with Crippen LogP contribution in [-0.2, 0) is 13.0 Å². The maximum Gasteiger partial charge on any atom is 0.251 e. The normalized spacial score (nSPS) is 11.5. The Morgan fingerprint density at radius 1 is 1.03 bits per heavy atom. The highest BCUT2D eigenvalue weighted by Gasteiger charge is 2.16. The molecule has 0 spiro atoms. The summed E-state index contributed by atoms with van der Waals surface area (Å²) in [6.45, 7) is 10.7. The fraction of sp³-hybridized carbons (Fsp3) is 0.393. The number of aromatic nitrogens is 4. The molecule has 36 heavy (non-hydrogen) atoms. The second-order valence-electron chi connectivity index (χ2n) is 8.96.